The van der Waals surface area contributed by atoms with E-state index in [0.29, 0.717) is 13.0 Å². The fourth-order valence-electron chi connectivity index (χ4n) is 1.75. The Morgan fingerprint density at radius 1 is 1.33 bits per heavy atom. The second-order valence-corrected chi connectivity index (χ2v) is 4.35. The van der Waals surface area contributed by atoms with Gasteiger partial charge >= 0.3 is 0 Å². The van der Waals surface area contributed by atoms with Crippen molar-refractivity contribution in [2.45, 2.75) is 26.0 Å². The van der Waals surface area contributed by atoms with E-state index in [9.17, 15) is 5.11 Å². The highest BCUT2D eigenvalue weighted by molar-refractivity contribution is 5.27. The Bertz CT molecular complexity index is 449. The Kier molecular flexibility index (Phi) is 4.36. The Morgan fingerprint density at radius 2 is 2.11 bits per heavy atom. The van der Waals surface area contributed by atoms with E-state index in [2.05, 4.69) is 4.98 Å². The van der Waals surface area contributed by atoms with Crippen molar-refractivity contribution in [3.05, 3.63) is 48.5 Å². The van der Waals surface area contributed by atoms with Gasteiger partial charge in [-0.3, -0.25) is 0 Å². The number of hydrogen-bond acceptors (Lipinski definition) is 3. The molecule has 0 saturated heterocycles. The van der Waals surface area contributed by atoms with Gasteiger partial charge in [-0.15, -0.1) is 0 Å². The van der Waals surface area contributed by atoms with Crippen molar-refractivity contribution in [2.75, 3.05) is 6.61 Å². The van der Waals surface area contributed by atoms with E-state index >= 15 is 0 Å². The monoisotopic (exact) mass is 246 g/mol. The van der Waals surface area contributed by atoms with Crippen LogP contribution in [0.5, 0.6) is 5.75 Å². The standard InChI is InChI=1S/C14H18N2O2/c1-12(17)10-13-2-4-14(5-3-13)18-9-8-16-7-6-15-11-16/h2-7,11-12,17H,8-10H2,1H3. The molecule has 1 heterocycles. The van der Waals surface area contributed by atoms with Crippen LogP contribution in [0.3, 0.4) is 0 Å². The molecule has 0 amide bonds. The van der Waals surface area contributed by atoms with Gasteiger partial charge in [0.1, 0.15) is 12.4 Å². The Labute approximate surface area is 107 Å². The highest BCUT2D eigenvalue weighted by Crippen LogP contribution is 2.13. The van der Waals surface area contributed by atoms with Gasteiger partial charge in [-0.25, -0.2) is 4.98 Å². The van der Waals surface area contributed by atoms with E-state index in [1.54, 1.807) is 19.4 Å². The molecule has 0 aliphatic carbocycles. The number of aromatic nitrogens is 2. The summed E-state index contributed by atoms with van der Waals surface area (Å²) in [6.45, 7) is 3.19. The van der Waals surface area contributed by atoms with Crippen LogP contribution >= 0.6 is 0 Å². The molecule has 96 valence electrons. The van der Waals surface area contributed by atoms with Crippen molar-refractivity contribution in [1.82, 2.24) is 9.55 Å². The van der Waals surface area contributed by atoms with Gasteiger partial charge in [0.05, 0.1) is 19.0 Å². The van der Waals surface area contributed by atoms with Gasteiger partial charge in [0.2, 0.25) is 0 Å². The lowest BCUT2D eigenvalue weighted by atomic mass is 10.1. The first-order valence-corrected chi connectivity index (χ1v) is 6.09. The third-order valence-electron chi connectivity index (χ3n) is 2.63. The summed E-state index contributed by atoms with van der Waals surface area (Å²) in [4.78, 5) is 3.97. The lowest BCUT2D eigenvalue weighted by Gasteiger charge is -2.08. The topological polar surface area (TPSA) is 47.3 Å². The van der Waals surface area contributed by atoms with Gasteiger partial charge in [-0.1, -0.05) is 12.1 Å². The molecule has 0 aliphatic rings. The van der Waals surface area contributed by atoms with Gasteiger partial charge in [-0.05, 0) is 31.0 Å². The fraction of sp³-hybridized carbons (Fsp3) is 0.357. The zero-order chi connectivity index (χ0) is 12.8. The molecule has 1 atom stereocenters. The molecule has 0 saturated carbocycles. The smallest absolute Gasteiger partial charge is 0.119 e. The second-order valence-electron chi connectivity index (χ2n) is 4.35. The highest BCUT2D eigenvalue weighted by Gasteiger charge is 2.00. The normalized spacial score (nSPS) is 12.3. The van der Waals surface area contributed by atoms with Crippen LogP contribution in [0.1, 0.15) is 12.5 Å². The van der Waals surface area contributed by atoms with Crippen molar-refractivity contribution in [3.8, 4) is 5.75 Å². The van der Waals surface area contributed by atoms with Crippen LogP contribution < -0.4 is 4.74 Å². The second kappa shape index (κ2) is 6.21. The van der Waals surface area contributed by atoms with Crippen LogP contribution in [0, 0.1) is 0 Å². The van der Waals surface area contributed by atoms with Crippen LogP contribution in [0.15, 0.2) is 43.0 Å². The van der Waals surface area contributed by atoms with Crippen molar-refractivity contribution < 1.29 is 9.84 Å². The third-order valence-corrected chi connectivity index (χ3v) is 2.63. The first-order chi connectivity index (χ1) is 8.74. The molecule has 18 heavy (non-hydrogen) atoms. The van der Waals surface area contributed by atoms with Crippen LogP contribution in [-0.4, -0.2) is 27.4 Å². The summed E-state index contributed by atoms with van der Waals surface area (Å²) in [6.07, 6.45) is 5.81. The average molecular weight is 246 g/mol. The first kappa shape index (κ1) is 12.6. The maximum absolute atomic E-state index is 9.28. The summed E-state index contributed by atoms with van der Waals surface area (Å²) in [5.74, 6) is 0.851. The largest absolute Gasteiger partial charge is 0.492 e. The molecule has 0 bridgehead atoms. The number of aliphatic hydroxyl groups is 1. The zero-order valence-electron chi connectivity index (χ0n) is 10.5. The van der Waals surface area contributed by atoms with Crippen LogP contribution in [-0.2, 0) is 13.0 Å². The summed E-state index contributed by atoms with van der Waals surface area (Å²) in [7, 11) is 0. The summed E-state index contributed by atoms with van der Waals surface area (Å²) in [6, 6.07) is 7.84. The number of imidazole rings is 1. The van der Waals surface area contributed by atoms with Crippen molar-refractivity contribution in [3.63, 3.8) is 0 Å². The van der Waals surface area contributed by atoms with E-state index in [1.807, 2.05) is 35.0 Å². The zero-order valence-corrected chi connectivity index (χ0v) is 10.5. The number of ether oxygens (including phenoxy) is 1. The minimum absolute atomic E-state index is 0.307. The van der Waals surface area contributed by atoms with E-state index in [-0.39, 0.29) is 6.10 Å². The lowest BCUT2D eigenvalue weighted by Crippen LogP contribution is -2.07. The van der Waals surface area contributed by atoms with Crippen LogP contribution in [0.25, 0.3) is 0 Å². The molecule has 1 N–H and O–H groups in total. The number of hydrogen-bond donors (Lipinski definition) is 1. The highest BCUT2D eigenvalue weighted by atomic mass is 16.5. The summed E-state index contributed by atoms with van der Waals surface area (Å²) >= 11 is 0. The lowest BCUT2D eigenvalue weighted by molar-refractivity contribution is 0.195. The van der Waals surface area contributed by atoms with Gasteiger partial charge in [0.25, 0.3) is 0 Å². The molecule has 2 rings (SSSR count). The molecule has 0 aliphatic heterocycles. The predicted molar refractivity (Wildman–Crippen MR) is 69.5 cm³/mol. The molecule has 4 heteroatoms. The molecule has 1 unspecified atom stereocenters. The van der Waals surface area contributed by atoms with Crippen molar-refractivity contribution in [2.24, 2.45) is 0 Å². The van der Waals surface area contributed by atoms with E-state index < -0.39 is 0 Å². The number of benzene rings is 1. The van der Waals surface area contributed by atoms with Gasteiger partial charge < -0.3 is 14.4 Å². The average Bonchev–Trinajstić information content (AvgIpc) is 2.84. The van der Waals surface area contributed by atoms with Crippen molar-refractivity contribution >= 4 is 0 Å². The first-order valence-electron chi connectivity index (χ1n) is 6.09. The summed E-state index contributed by atoms with van der Waals surface area (Å²) in [5, 5.41) is 9.28. The Morgan fingerprint density at radius 3 is 2.72 bits per heavy atom. The molecule has 4 nitrogen and oxygen atoms in total. The summed E-state index contributed by atoms with van der Waals surface area (Å²) < 4.78 is 7.60. The molecular weight excluding hydrogens is 228 g/mol. The van der Waals surface area contributed by atoms with Crippen LogP contribution in [0.4, 0.5) is 0 Å². The third kappa shape index (κ3) is 3.89. The van der Waals surface area contributed by atoms with E-state index in [4.69, 9.17) is 4.74 Å². The minimum Gasteiger partial charge on any atom is -0.492 e. The van der Waals surface area contributed by atoms with Gasteiger partial charge in [0, 0.05) is 12.4 Å². The molecule has 0 fully saturated rings. The molecule has 1 aromatic carbocycles. The predicted octanol–water partition coefficient (Wildman–Crippen LogP) is 1.89. The number of rotatable bonds is 6. The Balaban J connectivity index is 1.79. The Hall–Kier alpha value is -1.81. The molecule has 0 spiro atoms. The molecular formula is C14H18N2O2. The maximum Gasteiger partial charge on any atom is 0.119 e. The van der Waals surface area contributed by atoms with Gasteiger partial charge in [0.15, 0.2) is 0 Å². The van der Waals surface area contributed by atoms with E-state index in [0.717, 1.165) is 17.9 Å². The van der Waals surface area contributed by atoms with Crippen LogP contribution in [0.2, 0.25) is 0 Å². The van der Waals surface area contributed by atoms with E-state index in [1.165, 1.54) is 0 Å². The van der Waals surface area contributed by atoms with Crippen molar-refractivity contribution in [1.29, 1.82) is 0 Å². The molecule has 0 radical (unpaired) electrons. The fourth-order valence-corrected chi connectivity index (χ4v) is 1.75. The summed E-state index contributed by atoms with van der Waals surface area (Å²) in [5.41, 5.74) is 1.12. The number of nitrogens with zero attached hydrogens (tertiary/aromatic N) is 2. The van der Waals surface area contributed by atoms with Gasteiger partial charge in [-0.2, -0.15) is 0 Å². The molecule has 2 aromatic rings. The SMILES string of the molecule is CC(O)Cc1ccc(OCCn2ccnc2)cc1. The number of aliphatic hydroxyl groups excluding tert-OH is 1. The quantitative estimate of drug-likeness (QED) is 0.846. The maximum atomic E-state index is 9.28. The minimum atomic E-state index is -0.307. The molecule has 1 aromatic heterocycles.